The fourth-order valence-electron chi connectivity index (χ4n) is 2.25. The van der Waals surface area contributed by atoms with Crippen LogP contribution < -0.4 is 0 Å². The summed E-state index contributed by atoms with van der Waals surface area (Å²) in [7, 11) is 1.45. The fourth-order valence-corrected chi connectivity index (χ4v) is 2.25. The number of hydrogen-bond donors (Lipinski definition) is 0. The van der Waals surface area contributed by atoms with Crippen molar-refractivity contribution < 1.29 is 9.53 Å². The minimum atomic E-state index is -0.139. The third kappa shape index (κ3) is 5.50. The van der Waals surface area contributed by atoms with Gasteiger partial charge in [0.2, 0.25) is 0 Å². The molecular weight excluding hydrogens is 216 g/mol. The van der Waals surface area contributed by atoms with Gasteiger partial charge in [0, 0.05) is 12.6 Å². The second-order valence-electron chi connectivity index (χ2n) is 5.04. The Kier molecular flexibility index (Phi) is 6.52. The van der Waals surface area contributed by atoms with Gasteiger partial charge in [-0.1, -0.05) is 0 Å². The topological polar surface area (TPSA) is 32.8 Å². The molecule has 0 radical (unpaired) electrons. The second-order valence-corrected chi connectivity index (χ2v) is 5.04. The molecular formula is C13H26N2O2. The molecule has 0 atom stereocenters. The fraction of sp³-hybridized carbons (Fsp3) is 0.923. The molecule has 0 N–H and O–H groups in total. The molecule has 0 aromatic rings. The normalized spacial score (nSPS) is 17.0. The standard InChI is InChI=1S/C13H26N2O2/c1-12(2)15(11-13(16)17-3)10-6-9-14-7-4-5-8-14/h12H,4-11H2,1-3H3. The van der Waals surface area contributed by atoms with E-state index in [0.29, 0.717) is 12.6 Å². The van der Waals surface area contributed by atoms with Gasteiger partial charge in [0.15, 0.2) is 0 Å². The Balaban J connectivity index is 2.21. The maximum absolute atomic E-state index is 11.3. The van der Waals surface area contributed by atoms with Crippen LogP contribution in [0.2, 0.25) is 0 Å². The van der Waals surface area contributed by atoms with E-state index in [-0.39, 0.29) is 5.97 Å². The highest BCUT2D eigenvalue weighted by molar-refractivity contribution is 5.71. The predicted octanol–water partition coefficient (Wildman–Crippen LogP) is 1.36. The quantitative estimate of drug-likeness (QED) is 0.631. The van der Waals surface area contributed by atoms with E-state index in [1.165, 1.54) is 33.0 Å². The molecule has 1 saturated heterocycles. The van der Waals surface area contributed by atoms with Crippen LogP contribution >= 0.6 is 0 Å². The highest BCUT2D eigenvalue weighted by atomic mass is 16.5. The van der Waals surface area contributed by atoms with Gasteiger partial charge in [-0.25, -0.2) is 0 Å². The Morgan fingerprint density at radius 2 is 2.00 bits per heavy atom. The van der Waals surface area contributed by atoms with Crippen LogP contribution in [0.5, 0.6) is 0 Å². The summed E-state index contributed by atoms with van der Waals surface area (Å²) < 4.78 is 4.72. The van der Waals surface area contributed by atoms with E-state index in [2.05, 4.69) is 23.6 Å². The first-order valence-electron chi connectivity index (χ1n) is 6.66. The number of carbonyl (C=O) groups excluding carboxylic acids is 1. The van der Waals surface area contributed by atoms with Crippen LogP contribution in [0.3, 0.4) is 0 Å². The Hall–Kier alpha value is -0.610. The first-order valence-corrected chi connectivity index (χ1v) is 6.66. The molecule has 1 fully saturated rings. The van der Waals surface area contributed by atoms with Crippen molar-refractivity contribution in [2.75, 3.05) is 39.8 Å². The zero-order chi connectivity index (χ0) is 12.7. The summed E-state index contributed by atoms with van der Waals surface area (Å²) in [6, 6.07) is 0.396. The lowest BCUT2D eigenvalue weighted by Gasteiger charge is -2.26. The van der Waals surface area contributed by atoms with Gasteiger partial charge in [-0.3, -0.25) is 9.69 Å². The van der Waals surface area contributed by atoms with Gasteiger partial charge in [0.05, 0.1) is 13.7 Å². The molecule has 0 aliphatic carbocycles. The first kappa shape index (κ1) is 14.5. The third-order valence-electron chi connectivity index (χ3n) is 3.41. The van der Waals surface area contributed by atoms with Crippen LogP contribution in [0.4, 0.5) is 0 Å². The van der Waals surface area contributed by atoms with Crippen LogP contribution in [0.15, 0.2) is 0 Å². The van der Waals surface area contributed by atoms with Crippen molar-refractivity contribution in [2.45, 2.75) is 39.2 Å². The van der Waals surface area contributed by atoms with Crippen molar-refractivity contribution in [1.29, 1.82) is 0 Å². The molecule has 1 heterocycles. The number of hydrogen-bond acceptors (Lipinski definition) is 4. The number of rotatable bonds is 7. The molecule has 1 aliphatic heterocycles. The number of likely N-dealkylation sites (tertiary alicyclic amines) is 1. The smallest absolute Gasteiger partial charge is 0.319 e. The van der Waals surface area contributed by atoms with Crippen LogP contribution in [0, 0.1) is 0 Å². The SMILES string of the molecule is COC(=O)CN(CCCN1CCCC1)C(C)C. The van der Waals surface area contributed by atoms with E-state index in [0.717, 1.165) is 19.5 Å². The Morgan fingerprint density at radius 3 is 2.53 bits per heavy atom. The maximum Gasteiger partial charge on any atom is 0.319 e. The van der Waals surface area contributed by atoms with Gasteiger partial charge in [-0.15, -0.1) is 0 Å². The maximum atomic E-state index is 11.3. The van der Waals surface area contributed by atoms with Gasteiger partial charge in [0.25, 0.3) is 0 Å². The highest BCUT2D eigenvalue weighted by Crippen LogP contribution is 2.08. The van der Waals surface area contributed by atoms with E-state index in [1.54, 1.807) is 0 Å². The lowest BCUT2D eigenvalue weighted by Crippen LogP contribution is -2.38. The molecule has 4 heteroatoms. The van der Waals surface area contributed by atoms with Crippen LogP contribution in [0.25, 0.3) is 0 Å². The first-order chi connectivity index (χ1) is 8.13. The Labute approximate surface area is 105 Å². The van der Waals surface area contributed by atoms with Gasteiger partial charge >= 0.3 is 5.97 Å². The number of nitrogens with zero attached hydrogens (tertiary/aromatic N) is 2. The summed E-state index contributed by atoms with van der Waals surface area (Å²) in [4.78, 5) is 16.0. The monoisotopic (exact) mass is 242 g/mol. The van der Waals surface area contributed by atoms with Gasteiger partial charge in [-0.2, -0.15) is 0 Å². The molecule has 0 aromatic carbocycles. The molecule has 0 amide bonds. The summed E-state index contributed by atoms with van der Waals surface area (Å²) in [6.07, 6.45) is 3.82. The van der Waals surface area contributed by atoms with Crippen molar-refractivity contribution in [3.63, 3.8) is 0 Å². The van der Waals surface area contributed by atoms with Crippen molar-refractivity contribution in [3.8, 4) is 0 Å². The van der Waals surface area contributed by atoms with Crippen molar-refractivity contribution in [2.24, 2.45) is 0 Å². The summed E-state index contributed by atoms with van der Waals surface area (Å²) in [5.74, 6) is -0.139. The van der Waals surface area contributed by atoms with E-state index < -0.39 is 0 Å². The zero-order valence-corrected chi connectivity index (χ0v) is 11.4. The molecule has 1 rings (SSSR count). The number of ether oxygens (including phenoxy) is 1. The molecule has 17 heavy (non-hydrogen) atoms. The van der Waals surface area contributed by atoms with E-state index in [4.69, 9.17) is 4.74 Å². The minimum absolute atomic E-state index is 0.139. The number of esters is 1. The van der Waals surface area contributed by atoms with E-state index >= 15 is 0 Å². The molecule has 4 nitrogen and oxygen atoms in total. The third-order valence-corrected chi connectivity index (χ3v) is 3.41. The van der Waals surface area contributed by atoms with Crippen molar-refractivity contribution in [3.05, 3.63) is 0 Å². The van der Waals surface area contributed by atoms with Crippen molar-refractivity contribution >= 4 is 5.97 Å². The average molecular weight is 242 g/mol. The molecule has 0 unspecified atom stereocenters. The molecule has 0 aromatic heterocycles. The lowest BCUT2D eigenvalue weighted by atomic mass is 10.2. The molecule has 100 valence electrons. The molecule has 1 aliphatic rings. The number of methoxy groups -OCH3 is 1. The Bertz CT molecular complexity index is 225. The second kappa shape index (κ2) is 7.67. The minimum Gasteiger partial charge on any atom is -0.468 e. The van der Waals surface area contributed by atoms with Gasteiger partial charge in [0.1, 0.15) is 0 Å². The summed E-state index contributed by atoms with van der Waals surface area (Å²) >= 11 is 0. The number of carbonyl (C=O) groups is 1. The zero-order valence-electron chi connectivity index (χ0n) is 11.4. The summed E-state index contributed by atoms with van der Waals surface area (Å²) in [5.41, 5.74) is 0. The van der Waals surface area contributed by atoms with Crippen LogP contribution in [0.1, 0.15) is 33.1 Å². The van der Waals surface area contributed by atoms with Crippen LogP contribution in [-0.2, 0) is 9.53 Å². The average Bonchev–Trinajstić information content (AvgIpc) is 2.80. The summed E-state index contributed by atoms with van der Waals surface area (Å²) in [6.45, 7) is 9.29. The highest BCUT2D eigenvalue weighted by Gasteiger charge is 2.15. The van der Waals surface area contributed by atoms with Gasteiger partial charge in [-0.05, 0) is 52.7 Å². The molecule has 0 spiro atoms. The summed E-state index contributed by atoms with van der Waals surface area (Å²) in [5, 5.41) is 0. The Morgan fingerprint density at radius 1 is 1.35 bits per heavy atom. The predicted molar refractivity (Wildman–Crippen MR) is 69.0 cm³/mol. The van der Waals surface area contributed by atoms with E-state index in [9.17, 15) is 4.79 Å². The molecule has 0 bridgehead atoms. The van der Waals surface area contributed by atoms with Crippen molar-refractivity contribution in [1.82, 2.24) is 9.80 Å². The molecule has 0 saturated carbocycles. The largest absolute Gasteiger partial charge is 0.468 e. The lowest BCUT2D eigenvalue weighted by molar-refractivity contribution is -0.142. The van der Waals surface area contributed by atoms with Crippen LogP contribution in [-0.4, -0.2) is 61.6 Å². The van der Waals surface area contributed by atoms with E-state index in [1.807, 2.05) is 0 Å². The van der Waals surface area contributed by atoms with Gasteiger partial charge < -0.3 is 9.64 Å².